The van der Waals surface area contributed by atoms with Crippen molar-refractivity contribution in [3.63, 3.8) is 0 Å². The van der Waals surface area contributed by atoms with Crippen LogP contribution in [0.1, 0.15) is 35.1 Å². The maximum Gasteiger partial charge on any atom is 0.573 e. The number of piperidine rings is 1. The predicted octanol–water partition coefficient (Wildman–Crippen LogP) is 2.54. The van der Waals surface area contributed by atoms with E-state index in [9.17, 15) is 36.0 Å². The molecular weight excluding hydrogens is 579 g/mol. The molecule has 2 saturated heterocycles. The van der Waals surface area contributed by atoms with Gasteiger partial charge >= 0.3 is 12.4 Å². The Labute approximate surface area is 239 Å². The molecule has 42 heavy (non-hydrogen) atoms. The number of nitrogens with zero attached hydrogens (tertiary/aromatic N) is 3. The lowest BCUT2D eigenvalue weighted by atomic mass is 9.89. The summed E-state index contributed by atoms with van der Waals surface area (Å²) in [5.74, 6) is -1.12. The van der Waals surface area contributed by atoms with E-state index >= 15 is 0 Å². The van der Waals surface area contributed by atoms with E-state index in [1.807, 2.05) is 13.8 Å². The molecule has 0 unspecified atom stereocenters. The summed E-state index contributed by atoms with van der Waals surface area (Å²) < 4.78 is 69.0. The summed E-state index contributed by atoms with van der Waals surface area (Å²) in [5.41, 5.74) is 2.23. The van der Waals surface area contributed by atoms with Crippen LogP contribution in [0.5, 0.6) is 5.75 Å². The number of amides is 4. The highest BCUT2D eigenvalue weighted by Gasteiger charge is 2.47. The van der Waals surface area contributed by atoms with Gasteiger partial charge in [-0.1, -0.05) is 0 Å². The SMILES string of the molecule is Cc1cc(N2CC(=O)NC2=O)cc(C)c1CCS(=O)(=O)N1CCC2(CC1)N=C(c1ccc(OC(F)(F)F)cc1)NC2=O. The fraction of sp³-hybridized carbons (Fsp3) is 0.407. The Balaban J connectivity index is 1.22. The van der Waals surface area contributed by atoms with Crippen molar-refractivity contribution in [3.05, 3.63) is 58.7 Å². The highest BCUT2D eigenvalue weighted by atomic mass is 32.2. The number of aliphatic imine (C=N–C) groups is 1. The van der Waals surface area contributed by atoms with E-state index < -0.39 is 33.7 Å². The van der Waals surface area contributed by atoms with Gasteiger partial charge in [-0.05, 0) is 86.2 Å². The molecule has 0 aromatic heterocycles. The maximum absolute atomic E-state index is 13.2. The van der Waals surface area contributed by atoms with Gasteiger partial charge in [-0.15, -0.1) is 13.2 Å². The summed E-state index contributed by atoms with van der Waals surface area (Å²) in [6.45, 7) is 3.74. The number of imide groups is 1. The highest BCUT2D eigenvalue weighted by molar-refractivity contribution is 7.89. The number of aryl methyl sites for hydroxylation is 2. The first kappa shape index (κ1) is 29.5. The lowest BCUT2D eigenvalue weighted by Gasteiger charge is -2.34. The van der Waals surface area contributed by atoms with Gasteiger partial charge in [-0.25, -0.2) is 17.5 Å². The number of urea groups is 1. The summed E-state index contributed by atoms with van der Waals surface area (Å²) in [4.78, 5) is 42.3. The lowest BCUT2D eigenvalue weighted by Crippen LogP contribution is -2.50. The summed E-state index contributed by atoms with van der Waals surface area (Å²) >= 11 is 0. The first-order chi connectivity index (χ1) is 19.7. The van der Waals surface area contributed by atoms with Crippen LogP contribution in [0.15, 0.2) is 41.4 Å². The number of alkyl halides is 3. The molecular formula is C27H28F3N5O6S. The van der Waals surface area contributed by atoms with Crippen LogP contribution in [-0.2, 0) is 26.0 Å². The van der Waals surface area contributed by atoms with E-state index in [2.05, 4.69) is 20.4 Å². The van der Waals surface area contributed by atoms with Crippen LogP contribution in [0.3, 0.4) is 0 Å². The third-order valence-electron chi connectivity index (χ3n) is 7.68. The summed E-state index contributed by atoms with van der Waals surface area (Å²) in [6, 6.07) is 7.96. The van der Waals surface area contributed by atoms with Crippen LogP contribution in [0.2, 0.25) is 0 Å². The zero-order valence-corrected chi connectivity index (χ0v) is 23.6. The van der Waals surface area contributed by atoms with E-state index in [1.165, 1.54) is 21.3 Å². The van der Waals surface area contributed by atoms with Crippen molar-refractivity contribution in [2.45, 2.75) is 45.0 Å². The zero-order chi connectivity index (χ0) is 30.4. The van der Waals surface area contributed by atoms with Crippen molar-refractivity contribution >= 4 is 39.4 Å². The number of carbonyl (C=O) groups is 3. The first-order valence-corrected chi connectivity index (χ1v) is 14.7. The van der Waals surface area contributed by atoms with Crippen LogP contribution in [-0.4, -0.2) is 73.7 Å². The molecule has 2 aromatic rings. The molecule has 11 nitrogen and oxygen atoms in total. The van der Waals surface area contributed by atoms with Gasteiger partial charge in [0.2, 0.25) is 15.9 Å². The first-order valence-electron chi connectivity index (χ1n) is 13.1. The van der Waals surface area contributed by atoms with E-state index in [-0.39, 0.29) is 62.3 Å². The van der Waals surface area contributed by atoms with Gasteiger partial charge in [0.25, 0.3) is 5.91 Å². The number of benzene rings is 2. The largest absolute Gasteiger partial charge is 0.573 e. The predicted molar refractivity (Wildman–Crippen MR) is 146 cm³/mol. The fourth-order valence-corrected chi connectivity index (χ4v) is 6.93. The number of carbonyl (C=O) groups excluding carboxylic acids is 3. The molecule has 4 amide bonds. The van der Waals surface area contributed by atoms with Crippen LogP contribution >= 0.6 is 0 Å². The van der Waals surface area contributed by atoms with Gasteiger partial charge in [0.1, 0.15) is 23.7 Å². The van der Waals surface area contributed by atoms with Crippen LogP contribution in [0, 0.1) is 13.8 Å². The van der Waals surface area contributed by atoms with Gasteiger partial charge in [0, 0.05) is 24.3 Å². The van der Waals surface area contributed by atoms with Crippen molar-refractivity contribution < 1.29 is 40.7 Å². The number of sulfonamides is 1. The minimum Gasteiger partial charge on any atom is -0.406 e. The third kappa shape index (κ3) is 5.97. The number of anilines is 1. The molecule has 3 aliphatic rings. The van der Waals surface area contributed by atoms with E-state index in [0.717, 1.165) is 28.8 Å². The second-order valence-electron chi connectivity index (χ2n) is 10.5. The summed E-state index contributed by atoms with van der Waals surface area (Å²) in [5, 5.41) is 4.91. The second-order valence-corrected chi connectivity index (χ2v) is 12.6. The van der Waals surface area contributed by atoms with Crippen LogP contribution in [0.25, 0.3) is 0 Å². The molecule has 0 radical (unpaired) electrons. The van der Waals surface area contributed by atoms with Gasteiger partial charge in [0.15, 0.2) is 0 Å². The molecule has 3 aliphatic heterocycles. The van der Waals surface area contributed by atoms with Crippen molar-refractivity contribution in [2.75, 3.05) is 30.3 Å². The van der Waals surface area contributed by atoms with Crippen molar-refractivity contribution in [2.24, 2.45) is 4.99 Å². The standard InChI is InChI=1S/C27H28F3N5O6S/c1-16-13-19(35-15-22(36)31-25(35)38)14-17(2)21(16)7-12-42(39,40)34-10-8-26(9-11-34)24(37)32-23(33-26)18-3-5-20(6-4-18)41-27(28,29)30/h3-6,13-14H,7-12,15H2,1-2H3,(H,31,36,38)(H,32,33,37). The van der Waals surface area contributed by atoms with Gasteiger partial charge in [0.05, 0.1) is 5.75 Å². The quantitative estimate of drug-likeness (QED) is 0.465. The monoisotopic (exact) mass is 607 g/mol. The number of nitrogens with one attached hydrogen (secondary N) is 2. The number of hydrogen-bond acceptors (Lipinski definition) is 7. The van der Waals surface area contributed by atoms with Crippen LogP contribution in [0.4, 0.5) is 23.7 Å². The number of rotatable bonds is 7. The van der Waals surface area contributed by atoms with Crippen molar-refractivity contribution in [1.29, 1.82) is 0 Å². The molecule has 5 rings (SSSR count). The molecule has 1 spiro atoms. The number of ether oxygens (including phenoxy) is 1. The van der Waals surface area contributed by atoms with Gasteiger partial charge in [-0.2, -0.15) is 0 Å². The fourth-order valence-electron chi connectivity index (χ4n) is 5.47. The van der Waals surface area contributed by atoms with Gasteiger partial charge < -0.3 is 10.1 Å². The Hall–Kier alpha value is -3.98. The van der Waals surface area contributed by atoms with E-state index in [4.69, 9.17) is 0 Å². The summed E-state index contributed by atoms with van der Waals surface area (Å²) in [6.07, 6.45) is -4.28. The Kier molecular flexibility index (Phi) is 7.51. The maximum atomic E-state index is 13.2. The molecule has 0 saturated carbocycles. The highest BCUT2D eigenvalue weighted by Crippen LogP contribution is 2.33. The number of amidine groups is 1. The molecule has 3 heterocycles. The Morgan fingerprint density at radius 2 is 1.62 bits per heavy atom. The molecule has 15 heteroatoms. The molecule has 224 valence electrons. The minimum atomic E-state index is -4.82. The van der Waals surface area contributed by atoms with Crippen molar-refractivity contribution in [1.82, 2.24) is 14.9 Å². The molecule has 0 aliphatic carbocycles. The van der Waals surface area contributed by atoms with E-state index in [1.54, 1.807) is 12.1 Å². The van der Waals surface area contributed by atoms with Crippen molar-refractivity contribution in [3.8, 4) is 5.75 Å². The second kappa shape index (κ2) is 10.7. The number of hydrogen-bond donors (Lipinski definition) is 2. The topological polar surface area (TPSA) is 137 Å². The smallest absolute Gasteiger partial charge is 0.406 e. The third-order valence-corrected chi connectivity index (χ3v) is 9.55. The molecule has 2 N–H and O–H groups in total. The Bertz CT molecular complexity index is 1560. The average Bonchev–Trinajstić information content (AvgIpc) is 3.40. The lowest BCUT2D eigenvalue weighted by molar-refractivity contribution is -0.274. The summed E-state index contributed by atoms with van der Waals surface area (Å²) in [7, 11) is -3.68. The minimum absolute atomic E-state index is 0.0748. The molecule has 2 fully saturated rings. The zero-order valence-electron chi connectivity index (χ0n) is 22.7. The Morgan fingerprint density at radius 3 is 2.17 bits per heavy atom. The normalized spacial score (nSPS) is 19.2. The molecule has 2 aromatic carbocycles. The average molecular weight is 608 g/mol. The van der Waals surface area contributed by atoms with Gasteiger partial charge in [-0.3, -0.25) is 24.8 Å². The number of halogens is 3. The molecule has 0 atom stereocenters. The molecule has 0 bridgehead atoms. The van der Waals surface area contributed by atoms with Crippen LogP contribution < -0.4 is 20.3 Å². The van der Waals surface area contributed by atoms with E-state index in [0.29, 0.717) is 11.3 Å². The Morgan fingerprint density at radius 1 is 1.00 bits per heavy atom.